The molecule has 0 saturated carbocycles. The van der Waals surface area contributed by atoms with Gasteiger partial charge in [-0.25, -0.2) is 18.4 Å². The van der Waals surface area contributed by atoms with E-state index in [-0.39, 0.29) is 28.9 Å². The summed E-state index contributed by atoms with van der Waals surface area (Å²) in [6.07, 6.45) is -2.92. The van der Waals surface area contributed by atoms with Gasteiger partial charge in [0, 0.05) is 31.1 Å². The van der Waals surface area contributed by atoms with Crippen molar-refractivity contribution in [3.05, 3.63) is 45.4 Å². The molecule has 2 aromatic rings. The zero-order chi connectivity index (χ0) is 21.7. The first-order valence-corrected chi connectivity index (χ1v) is 11.6. The molecule has 0 spiro atoms. The molecule has 12 heteroatoms. The molecule has 2 rings (SSSR count). The van der Waals surface area contributed by atoms with E-state index in [0.717, 1.165) is 22.3 Å². The number of halogens is 4. The van der Waals surface area contributed by atoms with Crippen molar-refractivity contribution in [2.75, 3.05) is 19.3 Å². The van der Waals surface area contributed by atoms with E-state index in [0.29, 0.717) is 42.6 Å². The van der Waals surface area contributed by atoms with Gasteiger partial charge in [-0.15, -0.1) is 35.3 Å². The Balaban J connectivity index is 0.00000450. The summed E-state index contributed by atoms with van der Waals surface area (Å²) in [7, 11) is -3.27. The van der Waals surface area contributed by atoms with Crippen LogP contribution < -0.4 is 10.6 Å². The Hall–Kier alpha value is -1.41. The van der Waals surface area contributed by atoms with Crippen LogP contribution in [0.2, 0.25) is 0 Å². The summed E-state index contributed by atoms with van der Waals surface area (Å²) >= 11 is 0.976. The average molecular weight is 576 g/mol. The lowest BCUT2D eigenvalue weighted by molar-refractivity contribution is -0.140. The molecule has 0 atom stereocenters. The van der Waals surface area contributed by atoms with E-state index in [1.165, 1.54) is 6.26 Å². The predicted octanol–water partition coefficient (Wildman–Crippen LogP) is 3.79. The molecule has 1 heterocycles. The molecule has 0 amide bonds. The molecule has 6 nitrogen and oxygen atoms in total. The summed E-state index contributed by atoms with van der Waals surface area (Å²) in [4.78, 5) is 8.33. The Kier molecular flexibility index (Phi) is 10.0. The highest BCUT2D eigenvalue weighted by molar-refractivity contribution is 14.0. The number of alkyl halides is 3. The number of aryl methyl sites for hydroxylation is 1. The third kappa shape index (κ3) is 8.02. The van der Waals surface area contributed by atoms with Crippen molar-refractivity contribution in [1.29, 1.82) is 0 Å². The fraction of sp³-hybridized carbons (Fsp3) is 0.444. The van der Waals surface area contributed by atoms with Gasteiger partial charge in [0.1, 0.15) is 0 Å². The van der Waals surface area contributed by atoms with Gasteiger partial charge in [-0.1, -0.05) is 12.1 Å². The lowest BCUT2D eigenvalue weighted by Gasteiger charge is -2.11. The van der Waals surface area contributed by atoms with Crippen molar-refractivity contribution in [2.24, 2.45) is 4.99 Å². The van der Waals surface area contributed by atoms with E-state index in [4.69, 9.17) is 0 Å². The summed E-state index contributed by atoms with van der Waals surface area (Å²) in [5.41, 5.74) is 0.634. The Bertz CT molecular complexity index is 976. The average Bonchev–Trinajstić information content (AvgIpc) is 3.08. The summed E-state index contributed by atoms with van der Waals surface area (Å²) in [5, 5.41) is 7.54. The fourth-order valence-corrected chi connectivity index (χ4v) is 4.35. The highest BCUT2D eigenvalue weighted by atomic mass is 127. The maximum atomic E-state index is 12.6. The number of nitrogens with one attached hydrogen (secondary N) is 2. The first-order valence-electron chi connectivity index (χ1n) is 8.84. The van der Waals surface area contributed by atoms with Crippen LogP contribution in [0.4, 0.5) is 13.2 Å². The van der Waals surface area contributed by atoms with Crippen molar-refractivity contribution >= 4 is 51.1 Å². The first kappa shape index (κ1) is 26.6. The standard InChI is InChI=1S/C18H23F3N4O2S2.HI/c1-4-22-17(23-8-7-16-25-15(11-28-16)18(19,20)21)24-10-13-5-6-14(12(2)9-13)29(3,26)27;/h5-6,9,11H,4,7-8,10H2,1-3H3,(H2,22,23,24);1H. The van der Waals surface area contributed by atoms with Crippen molar-refractivity contribution in [2.45, 2.75) is 37.9 Å². The monoisotopic (exact) mass is 576 g/mol. The third-order valence-corrected chi connectivity index (χ3v) is 6.04. The second kappa shape index (κ2) is 11.3. The van der Waals surface area contributed by atoms with Gasteiger partial charge >= 0.3 is 6.18 Å². The molecule has 1 aromatic carbocycles. The van der Waals surface area contributed by atoms with E-state index in [9.17, 15) is 21.6 Å². The molecular formula is C18H24F3IN4O2S2. The molecule has 0 aliphatic heterocycles. The quantitative estimate of drug-likeness (QED) is 0.298. The molecule has 30 heavy (non-hydrogen) atoms. The number of thiazole rings is 1. The van der Waals surface area contributed by atoms with Gasteiger partial charge in [-0.3, -0.25) is 0 Å². The van der Waals surface area contributed by atoms with Crippen LogP contribution in [-0.2, 0) is 29.0 Å². The normalized spacial score (nSPS) is 12.4. The highest BCUT2D eigenvalue weighted by Gasteiger charge is 2.33. The fourth-order valence-electron chi connectivity index (χ4n) is 2.58. The van der Waals surface area contributed by atoms with E-state index >= 15 is 0 Å². The summed E-state index contributed by atoms with van der Waals surface area (Å²) in [6, 6.07) is 5.05. The van der Waals surface area contributed by atoms with E-state index < -0.39 is 21.7 Å². The molecule has 0 fully saturated rings. The number of aliphatic imine (C=N–C) groups is 1. The SMILES string of the molecule is CCNC(=NCc1ccc(S(C)(=O)=O)c(C)c1)NCCc1nc(C(F)(F)F)cs1.I. The number of nitrogens with zero attached hydrogens (tertiary/aromatic N) is 2. The van der Waals surface area contributed by atoms with Gasteiger partial charge in [0.05, 0.1) is 16.4 Å². The van der Waals surface area contributed by atoms with Crippen LogP contribution in [-0.4, -0.2) is 38.7 Å². The van der Waals surface area contributed by atoms with Crippen LogP contribution in [0.3, 0.4) is 0 Å². The van der Waals surface area contributed by atoms with Crippen LogP contribution in [0, 0.1) is 6.92 Å². The lowest BCUT2D eigenvalue weighted by atomic mass is 10.1. The smallest absolute Gasteiger partial charge is 0.357 e. The molecule has 168 valence electrons. The zero-order valence-electron chi connectivity index (χ0n) is 16.7. The zero-order valence-corrected chi connectivity index (χ0v) is 20.7. The Morgan fingerprint density at radius 3 is 2.50 bits per heavy atom. The molecule has 0 aliphatic rings. The van der Waals surface area contributed by atoms with E-state index in [1.54, 1.807) is 25.1 Å². The Morgan fingerprint density at radius 2 is 1.97 bits per heavy atom. The van der Waals surface area contributed by atoms with Gasteiger partial charge in [-0.05, 0) is 31.0 Å². The number of rotatable bonds is 7. The third-order valence-electron chi connectivity index (χ3n) is 3.88. The predicted molar refractivity (Wildman–Crippen MR) is 123 cm³/mol. The number of hydrogen-bond donors (Lipinski definition) is 2. The van der Waals surface area contributed by atoms with Crippen LogP contribution in [0.25, 0.3) is 0 Å². The van der Waals surface area contributed by atoms with Gasteiger partial charge in [0.2, 0.25) is 0 Å². The maximum absolute atomic E-state index is 12.6. The Labute approximate surface area is 195 Å². The van der Waals surface area contributed by atoms with Crippen molar-refractivity contribution in [3.8, 4) is 0 Å². The maximum Gasteiger partial charge on any atom is 0.434 e. The van der Waals surface area contributed by atoms with Crippen LogP contribution in [0.15, 0.2) is 33.5 Å². The van der Waals surface area contributed by atoms with E-state index in [1.807, 2.05) is 6.92 Å². The number of benzene rings is 1. The second-order valence-corrected chi connectivity index (χ2v) is 9.30. The van der Waals surface area contributed by atoms with Gasteiger partial charge in [0.15, 0.2) is 21.5 Å². The summed E-state index contributed by atoms with van der Waals surface area (Å²) in [6.45, 7) is 4.96. The molecule has 0 radical (unpaired) electrons. The molecule has 0 aliphatic carbocycles. The number of hydrogen-bond acceptors (Lipinski definition) is 5. The number of guanidine groups is 1. The molecule has 0 unspecified atom stereocenters. The van der Waals surface area contributed by atoms with E-state index in [2.05, 4.69) is 20.6 Å². The lowest BCUT2D eigenvalue weighted by Crippen LogP contribution is -2.38. The minimum atomic E-state index is -4.43. The topological polar surface area (TPSA) is 83.5 Å². The molecule has 2 N–H and O–H groups in total. The highest BCUT2D eigenvalue weighted by Crippen LogP contribution is 2.30. The van der Waals surface area contributed by atoms with Gasteiger partial charge in [0.25, 0.3) is 0 Å². The minimum absolute atomic E-state index is 0. The number of aromatic nitrogens is 1. The van der Waals surface area contributed by atoms with Crippen LogP contribution in [0.1, 0.15) is 28.8 Å². The molecule has 0 bridgehead atoms. The van der Waals surface area contributed by atoms with Crippen LogP contribution >= 0.6 is 35.3 Å². The molecular weight excluding hydrogens is 552 g/mol. The Morgan fingerprint density at radius 1 is 1.27 bits per heavy atom. The second-order valence-electron chi connectivity index (χ2n) is 6.37. The first-order chi connectivity index (χ1) is 13.5. The summed E-state index contributed by atoms with van der Waals surface area (Å²) in [5.74, 6) is 0.518. The molecule has 0 saturated heterocycles. The van der Waals surface area contributed by atoms with Crippen molar-refractivity contribution < 1.29 is 21.6 Å². The van der Waals surface area contributed by atoms with Gasteiger partial charge in [-0.2, -0.15) is 13.2 Å². The minimum Gasteiger partial charge on any atom is -0.357 e. The summed E-state index contributed by atoms with van der Waals surface area (Å²) < 4.78 is 61.2. The van der Waals surface area contributed by atoms with Crippen molar-refractivity contribution in [1.82, 2.24) is 15.6 Å². The largest absolute Gasteiger partial charge is 0.434 e. The number of sulfone groups is 1. The molecule has 1 aromatic heterocycles. The van der Waals surface area contributed by atoms with Gasteiger partial charge < -0.3 is 10.6 Å². The van der Waals surface area contributed by atoms with Crippen molar-refractivity contribution in [3.63, 3.8) is 0 Å². The van der Waals surface area contributed by atoms with Crippen LogP contribution in [0.5, 0.6) is 0 Å².